The minimum atomic E-state index is 0.0644. The number of hydrogen-bond donors (Lipinski definition) is 1. The summed E-state index contributed by atoms with van der Waals surface area (Å²) in [5, 5.41) is 0. The number of nitrogen functional groups attached to an aromatic ring is 1. The number of rotatable bonds is 1. The molecule has 1 saturated heterocycles. The van der Waals surface area contributed by atoms with Crippen LogP contribution in [0.15, 0.2) is 18.2 Å². The largest absolute Gasteiger partial charge is 0.399 e. The maximum Gasteiger partial charge on any atom is 0.254 e. The topological polar surface area (TPSA) is 55.6 Å². The number of carbonyl (C=O) groups is 1. The molecule has 1 fully saturated rings. The van der Waals surface area contributed by atoms with Crippen molar-refractivity contribution in [2.45, 2.75) is 33.0 Å². The molecule has 98 valence electrons. The quantitative estimate of drug-likeness (QED) is 0.771. The van der Waals surface area contributed by atoms with E-state index in [1.807, 2.05) is 31.7 Å². The summed E-state index contributed by atoms with van der Waals surface area (Å²) in [7, 11) is 0. The summed E-state index contributed by atoms with van der Waals surface area (Å²) in [6, 6.07) is 5.41. The summed E-state index contributed by atoms with van der Waals surface area (Å²) in [5.74, 6) is 0.0644. The molecule has 4 nitrogen and oxygen atoms in total. The van der Waals surface area contributed by atoms with E-state index in [-0.39, 0.29) is 18.1 Å². The summed E-state index contributed by atoms with van der Waals surface area (Å²) < 4.78 is 5.64. The summed E-state index contributed by atoms with van der Waals surface area (Å²) in [5.41, 5.74) is 8.04. The zero-order chi connectivity index (χ0) is 13.3. The van der Waals surface area contributed by atoms with Crippen molar-refractivity contribution in [3.63, 3.8) is 0 Å². The molecule has 18 heavy (non-hydrogen) atoms. The Kier molecular flexibility index (Phi) is 3.57. The molecule has 1 aliphatic heterocycles. The standard InChI is InChI=1S/C14H20N2O2/c1-9-6-12(15)4-5-13(9)14(17)16-7-10(2)18-11(3)8-16/h4-6,10-11H,7-8,15H2,1-3H3/t10-,11+. The van der Waals surface area contributed by atoms with E-state index in [1.54, 1.807) is 12.1 Å². The monoisotopic (exact) mass is 248 g/mol. The number of carbonyl (C=O) groups excluding carboxylic acids is 1. The highest BCUT2D eigenvalue weighted by molar-refractivity contribution is 5.96. The van der Waals surface area contributed by atoms with Crippen LogP contribution in [0.4, 0.5) is 5.69 Å². The molecule has 0 aliphatic carbocycles. The molecule has 2 N–H and O–H groups in total. The van der Waals surface area contributed by atoms with E-state index in [0.29, 0.717) is 18.8 Å². The van der Waals surface area contributed by atoms with Gasteiger partial charge in [0.1, 0.15) is 0 Å². The summed E-state index contributed by atoms with van der Waals surface area (Å²) in [6.07, 6.45) is 0.179. The fourth-order valence-corrected chi connectivity index (χ4v) is 2.44. The van der Waals surface area contributed by atoms with Crippen LogP contribution in [0.25, 0.3) is 0 Å². The molecule has 1 aromatic carbocycles. The summed E-state index contributed by atoms with van der Waals surface area (Å²) >= 11 is 0. The zero-order valence-electron chi connectivity index (χ0n) is 11.1. The first-order valence-electron chi connectivity index (χ1n) is 6.28. The van der Waals surface area contributed by atoms with Crippen LogP contribution in [0.1, 0.15) is 29.8 Å². The lowest BCUT2D eigenvalue weighted by atomic mass is 10.1. The predicted octanol–water partition coefficient (Wildman–Crippen LogP) is 1.83. The number of ether oxygens (including phenoxy) is 1. The van der Waals surface area contributed by atoms with Gasteiger partial charge in [-0.3, -0.25) is 4.79 Å². The molecule has 1 aliphatic rings. The van der Waals surface area contributed by atoms with Gasteiger partial charge in [0, 0.05) is 24.3 Å². The number of aryl methyl sites for hydroxylation is 1. The van der Waals surface area contributed by atoms with Gasteiger partial charge in [-0.2, -0.15) is 0 Å². The molecule has 0 aromatic heterocycles. The lowest BCUT2D eigenvalue weighted by molar-refractivity contribution is -0.0586. The van der Waals surface area contributed by atoms with Crippen LogP contribution in [0.3, 0.4) is 0 Å². The average molecular weight is 248 g/mol. The first-order valence-corrected chi connectivity index (χ1v) is 6.28. The van der Waals surface area contributed by atoms with Gasteiger partial charge in [-0.05, 0) is 44.5 Å². The van der Waals surface area contributed by atoms with Crippen LogP contribution >= 0.6 is 0 Å². The smallest absolute Gasteiger partial charge is 0.254 e. The molecule has 0 saturated carbocycles. The molecule has 0 bridgehead atoms. The highest BCUT2D eigenvalue weighted by Crippen LogP contribution is 2.18. The van der Waals surface area contributed by atoms with E-state index in [4.69, 9.17) is 10.5 Å². The fraction of sp³-hybridized carbons (Fsp3) is 0.500. The van der Waals surface area contributed by atoms with Gasteiger partial charge >= 0.3 is 0 Å². The van der Waals surface area contributed by atoms with Crippen molar-refractivity contribution in [3.8, 4) is 0 Å². The Hall–Kier alpha value is -1.55. The van der Waals surface area contributed by atoms with Crippen LogP contribution in [-0.2, 0) is 4.74 Å². The average Bonchev–Trinajstić information content (AvgIpc) is 2.26. The van der Waals surface area contributed by atoms with Crippen LogP contribution in [-0.4, -0.2) is 36.1 Å². The van der Waals surface area contributed by atoms with Crippen molar-refractivity contribution >= 4 is 11.6 Å². The van der Waals surface area contributed by atoms with Gasteiger partial charge in [0.25, 0.3) is 5.91 Å². The molecule has 2 rings (SSSR count). The normalized spacial score (nSPS) is 24.1. The van der Waals surface area contributed by atoms with Crippen LogP contribution in [0.2, 0.25) is 0 Å². The Morgan fingerprint density at radius 2 is 1.94 bits per heavy atom. The third-order valence-electron chi connectivity index (χ3n) is 3.19. The van der Waals surface area contributed by atoms with E-state index in [2.05, 4.69) is 0 Å². The molecule has 0 spiro atoms. The highest BCUT2D eigenvalue weighted by Gasteiger charge is 2.27. The Balaban J connectivity index is 2.20. The van der Waals surface area contributed by atoms with Crippen LogP contribution in [0, 0.1) is 6.92 Å². The van der Waals surface area contributed by atoms with Crippen LogP contribution < -0.4 is 5.73 Å². The number of amides is 1. The molecule has 1 amide bonds. The molecule has 0 radical (unpaired) electrons. The van der Waals surface area contributed by atoms with E-state index in [0.717, 1.165) is 11.1 Å². The number of hydrogen-bond acceptors (Lipinski definition) is 3. The van der Waals surface area contributed by atoms with Crippen LogP contribution in [0.5, 0.6) is 0 Å². The van der Waals surface area contributed by atoms with Gasteiger partial charge in [0.05, 0.1) is 12.2 Å². The van der Waals surface area contributed by atoms with Crippen molar-refractivity contribution in [3.05, 3.63) is 29.3 Å². The lowest BCUT2D eigenvalue weighted by Crippen LogP contribution is -2.48. The minimum absolute atomic E-state index is 0.0644. The Morgan fingerprint density at radius 1 is 1.33 bits per heavy atom. The van der Waals surface area contributed by atoms with E-state index in [9.17, 15) is 4.79 Å². The predicted molar refractivity (Wildman–Crippen MR) is 71.5 cm³/mol. The second-order valence-corrected chi connectivity index (χ2v) is 5.04. The van der Waals surface area contributed by atoms with Gasteiger partial charge in [0.2, 0.25) is 0 Å². The van der Waals surface area contributed by atoms with E-state index < -0.39 is 0 Å². The lowest BCUT2D eigenvalue weighted by Gasteiger charge is -2.35. The Morgan fingerprint density at radius 3 is 2.50 bits per heavy atom. The minimum Gasteiger partial charge on any atom is -0.399 e. The van der Waals surface area contributed by atoms with Gasteiger partial charge in [0.15, 0.2) is 0 Å². The number of nitrogens with zero attached hydrogens (tertiary/aromatic N) is 1. The maximum atomic E-state index is 12.5. The van der Waals surface area contributed by atoms with Gasteiger partial charge in [-0.15, -0.1) is 0 Å². The van der Waals surface area contributed by atoms with Crippen molar-refractivity contribution in [2.24, 2.45) is 0 Å². The van der Waals surface area contributed by atoms with Crippen molar-refractivity contribution in [2.75, 3.05) is 18.8 Å². The molecule has 4 heteroatoms. The second kappa shape index (κ2) is 4.98. The van der Waals surface area contributed by atoms with E-state index >= 15 is 0 Å². The molecule has 2 atom stereocenters. The third kappa shape index (κ3) is 2.64. The molecular formula is C14H20N2O2. The molecular weight excluding hydrogens is 228 g/mol. The summed E-state index contributed by atoms with van der Waals surface area (Å²) in [4.78, 5) is 14.3. The number of morpholine rings is 1. The van der Waals surface area contributed by atoms with Gasteiger partial charge in [-0.25, -0.2) is 0 Å². The van der Waals surface area contributed by atoms with Gasteiger partial charge in [-0.1, -0.05) is 0 Å². The van der Waals surface area contributed by atoms with Crippen molar-refractivity contribution in [1.82, 2.24) is 4.90 Å². The van der Waals surface area contributed by atoms with Gasteiger partial charge < -0.3 is 15.4 Å². The molecule has 1 heterocycles. The first kappa shape index (κ1) is 12.9. The zero-order valence-corrected chi connectivity index (χ0v) is 11.1. The summed E-state index contributed by atoms with van der Waals surface area (Å²) in [6.45, 7) is 7.19. The fourth-order valence-electron chi connectivity index (χ4n) is 2.44. The van der Waals surface area contributed by atoms with Crippen molar-refractivity contribution < 1.29 is 9.53 Å². The first-order chi connectivity index (χ1) is 8.47. The Bertz CT molecular complexity index is 449. The third-order valence-corrected chi connectivity index (χ3v) is 3.19. The maximum absolute atomic E-state index is 12.5. The SMILES string of the molecule is Cc1cc(N)ccc1C(=O)N1C[C@@H](C)O[C@@H](C)C1. The number of anilines is 1. The van der Waals surface area contributed by atoms with E-state index in [1.165, 1.54) is 0 Å². The molecule has 1 aromatic rings. The second-order valence-electron chi connectivity index (χ2n) is 5.04. The van der Waals surface area contributed by atoms with Crippen molar-refractivity contribution in [1.29, 1.82) is 0 Å². The highest BCUT2D eigenvalue weighted by atomic mass is 16.5. The number of nitrogens with two attached hydrogens (primary N) is 1. The Labute approximate surface area is 108 Å². The number of benzene rings is 1. The molecule has 0 unspecified atom stereocenters.